The van der Waals surface area contributed by atoms with E-state index in [1.165, 1.54) is 0 Å². The first-order valence-corrected chi connectivity index (χ1v) is 3.67. The van der Waals surface area contributed by atoms with Gasteiger partial charge < -0.3 is 21.3 Å². The summed E-state index contributed by atoms with van der Waals surface area (Å²) in [5.74, 6) is 0.624. The third-order valence-electron chi connectivity index (χ3n) is 1.66. The lowest BCUT2D eigenvalue weighted by Gasteiger charge is -2.27. The molecule has 0 aliphatic carbocycles. The Hall–Kier alpha value is -0.580. The van der Waals surface area contributed by atoms with Crippen LogP contribution in [0, 0.1) is 0 Å². The smallest absolute Gasteiger partial charge is 0.212 e. The monoisotopic (exact) mass is 158 g/mol. The summed E-state index contributed by atoms with van der Waals surface area (Å²) < 4.78 is 5.03. The van der Waals surface area contributed by atoms with Gasteiger partial charge in [0, 0.05) is 0 Å². The minimum absolute atomic E-state index is 0.169. The third kappa shape index (κ3) is 1.92. The first-order chi connectivity index (χ1) is 5.11. The Morgan fingerprint density at radius 2 is 2.45 bits per heavy atom. The number of nitrogens with two attached hydrogens (primary N) is 2. The van der Waals surface area contributed by atoms with Crippen LogP contribution in [0.25, 0.3) is 0 Å². The quantitative estimate of drug-likeness (QED) is 0.470. The molecular formula is C7H14N2O2. The molecule has 11 heavy (non-hydrogen) atoms. The molecule has 0 aromatic heterocycles. The summed E-state index contributed by atoms with van der Waals surface area (Å²) in [6.45, 7) is 1.80. The van der Waals surface area contributed by atoms with Crippen molar-refractivity contribution in [2.45, 2.75) is 31.7 Å². The Bertz CT molecular complexity index is 168. The SMILES string of the molecule is C[C@@H](N)C1=CC[C@@H](N)C(O)O1. The summed E-state index contributed by atoms with van der Waals surface area (Å²) >= 11 is 0. The fourth-order valence-corrected chi connectivity index (χ4v) is 0.937. The third-order valence-corrected chi connectivity index (χ3v) is 1.66. The van der Waals surface area contributed by atoms with E-state index in [9.17, 15) is 0 Å². The van der Waals surface area contributed by atoms with Gasteiger partial charge in [-0.3, -0.25) is 0 Å². The maximum Gasteiger partial charge on any atom is 0.212 e. The Morgan fingerprint density at radius 1 is 1.82 bits per heavy atom. The molecule has 5 N–H and O–H groups in total. The molecule has 0 radical (unpaired) electrons. The fourth-order valence-electron chi connectivity index (χ4n) is 0.937. The molecule has 64 valence electrons. The maximum atomic E-state index is 9.15. The molecule has 1 unspecified atom stereocenters. The number of rotatable bonds is 1. The van der Waals surface area contributed by atoms with E-state index in [4.69, 9.17) is 21.3 Å². The lowest BCUT2D eigenvalue weighted by molar-refractivity contribution is -0.0925. The van der Waals surface area contributed by atoms with Crippen molar-refractivity contribution in [3.05, 3.63) is 11.8 Å². The van der Waals surface area contributed by atoms with E-state index in [-0.39, 0.29) is 12.1 Å². The van der Waals surface area contributed by atoms with Crippen LogP contribution in [0.2, 0.25) is 0 Å². The predicted molar refractivity (Wildman–Crippen MR) is 41.4 cm³/mol. The number of aliphatic hydroxyl groups excluding tert-OH is 1. The van der Waals surface area contributed by atoms with Gasteiger partial charge in [-0.15, -0.1) is 0 Å². The zero-order valence-electron chi connectivity index (χ0n) is 6.53. The Kier molecular flexibility index (Phi) is 2.49. The summed E-state index contributed by atoms with van der Waals surface area (Å²) in [6, 6.07) is -0.491. The van der Waals surface area contributed by atoms with Gasteiger partial charge in [-0.05, 0) is 19.4 Å². The molecule has 0 saturated heterocycles. The van der Waals surface area contributed by atoms with Gasteiger partial charge in [0.05, 0.1) is 12.1 Å². The number of aliphatic hydroxyl groups is 1. The van der Waals surface area contributed by atoms with Crippen molar-refractivity contribution in [3.8, 4) is 0 Å². The van der Waals surface area contributed by atoms with Crippen molar-refractivity contribution < 1.29 is 9.84 Å². The summed E-state index contributed by atoms with van der Waals surface area (Å²) in [5.41, 5.74) is 11.0. The van der Waals surface area contributed by atoms with Crippen molar-refractivity contribution in [2.75, 3.05) is 0 Å². The number of ether oxygens (including phenoxy) is 1. The minimum Gasteiger partial charge on any atom is -0.466 e. The van der Waals surface area contributed by atoms with Gasteiger partial charge in [0.25, 0.3) is 0 Å². The highest BCUT2D eigenvalue weighted by atomic mass is 16.6. The Balaban J connectivity index is 2.59. The van der Waals surface area contributed by atoms with Crippen LogP contribution in [0.3, 0.4) is 0 Å². The van der Waals surface area contributed by atoms with E-state index in [0.717, 1.165) is 0 Å². The molecule has 0 aromatic rings. The highest BCUT2D eigenvalue weighted by molar-refractivity contribution is 5.05. The topological polar surface area (TPSA) is 81.5 Å². The summed E-state index contributed by atoms with van der Waals surface area (Å²) in [7, 11) is 0. The fraction of sp³-hybridized carbons (Fsp3) is 0.714. The van der Waals surface area contributed by atoms with Crippen molar-refractivity contribution in [3.63, 3.8) is 0 Å². The van der Waals surface area contributed by atoms with Gasteiger partial charge in [0.2, 0.25) is 6.29 Å². The zero-order valence-corrected chi connectivity index (χ0v) is 6.53. The van der Waals surface area contributed by atoms with Crippen LogP contribution < -0.4 is 11.5 Å². The standard InChI is InChI=1S/C7H14N2O2/c1-4(8)6-3-2-5(9)7(10)11-6/h3-5,7,10H,2,8-9H2,1H3/t4-,5-,7?/m1/s1. The molecule has 0 spiro atoms. The molecular weight excluding hydrogens is 144 g/mol. The van der Waals surface area contributed by atoms with E-state index in [1.54, 1.807) is 6.92 Å². The zero-order chi connectivity index (χ0) is 8.43. The van der Waals surface area contributed by atoms with Crippen LogP contribution in [0.1, 0.15) is 13.3 Å². The van der Waals surface area contributed by atoms with Crippen LogP contribution in [-0.2, 0) is 4.74 Å². The molecule has 1 rings (SSSR count). The van der Waals surface area contributed by atoms with E-state index in [0.29, 0.717) is 12.2 Å². The Morgan fingerprint density at radius 3 is 2.91 bits per heavy atom. The average Bonchev–Trinajstić information content (AvgIpc) is 1.94. The van der Waals surface area contributed by atoms with Gasteiger partial charge in [0.15, 0.2) is 0 Å². The highest BCUT2D eigenvalue weighted by Crippen LogP contribution is 2.15. The second kappa shape index (κ2) is 3.21. The second-order valence-corrected chi connectivity index (χ2v) is 2.80. The van der Waals surface area contributed by atoms with Crippen molar-refractivity contribution in [1.29, 1.82) is 0 Å². The first kappa shape index (κ1) is 8.52. The second-order valence-electron chi connectivity index (χ2n) is 2.80. The molecule has 3 atom stereocenters. The van der Waals surface area contributed by atoms with E-state index in [1.807, 2.05) is 6.08 Å². The van der Waals surface area contributed by atoms with Crippen molar-refractivity contribution in [1.82, 2.24) is 0 Å². The van der Waals surface area contributed by atoms with Crippen molar-refractivity contribution in [2.24, 2.45) is 11.5 Å². The Labute approximate surface area is 65.8 Å². The van der Waals surface area contributed by atoms with Gasteiger partial charge in [-0.25, -0.2) is 0 Å². The van der Waals surface area contributed by atoms with Crippen LogP contribution >= 0.6 is 0 Å². The van der Waals surface area contributed by atoms with Gasteiger partial charge >= 0.3 is 0 Å². The molecule has 0 aromatic carbocycles. The van der Waals surface area contributed by atoms with Crippen molar-refractivity contribution >= 4 is 0 Å². The molecule has 4 heteroatoms. The molecule has 0 amide bonds. The minimum atomic E-state index is -0.902. The molecule has 1 aliphatic heterocycles. The maximum absolute atomic E-state index is 9.15. The lowest BCUT2D eigenvalue weighted by Crippen LogP contribution is -2.40. The molecule has 1 heterocycles. The number of hydrogen-bond acceptors (Lipinski definition) is 4. The molecule has 4 nitrogen and oxygen atoms in total. The average molecular weight is 158 g/mol. The van der Waals surface area contributed by atoms with Gasteiger partial charge in [-0.2, -0.15) is 0 Å². The molecule has 1 aliphatic rings. The molecule has 0 fully saturated rings. The summed E-state index contributed by atoms with van der Waals surface area (Å²) in [4.78, 5) is 0. The molecule has 0 saturated carbocycles. The summed E-state index contributed by atoms with van der Waals surface area (Å²) in [5, 5.41) is 9.15. The van der Waals surface area contributed by atoms with Crippen LogP contribution in [0.15, 0.2) is 11.8 Å². The highest BCUT2D eigenvalue weighted by Gasteiger charge is 2.22. The van der Waals surface area contributed by atoms with Gasteiger partial charge in [0.1, 0.15) is 5.76 Å². The van der Waals surface area contributed by atoms with E-state index in [2.05, 4.69) is 0 Å². The summed E-state index contributed by atoms with van der Waals surface area (Å²) in [6.07, 6.45) is 1.54. The molecule has 0 bridgehead atoms. The van der Waals surface area contributed by atoms with Crippen LogP contribution in [0.4, 0.5) is 0 Å². The van der Waals surface area contributed by atoms with E-state index >= 15 is 0 Å². The van der Waals surface area contributed by atoms with E-state index < -0.39 is 6.29 Å². The van der Waals surface area contributed by atoms with Crippen LogP contribution in [0.5, 0.6) is 0 Å². The van der Waals surface area contributed by atoms with Crippen LogP contribution in [-0.4, -0.2) is 23.5 Å². The lowest BCUT2D eigenvalue weighted by atomic mass is 10.1. The predicted octanol–water partition coefficient (Wildman–Crippen LogP) is -0.716. The normalized spacial score (nSPS) is 34.0. The number of hydrogen-bond donors (Lipinski definition) is 3. The first-order valence-electron chi connectivity index (χ1n) is 3.67. The largest absolute Gasteiger partial charge is 0.466 e. The van der Waals surface area contributed by atoms with Gasteiger partial charge in [-0.1, -0.05) is 0 Å².